The van der Waals surface area contributed by atoms with E-state index in [4.69, 9.17) is 0 Å². The first-order valence-corrected chi connectivity index (χ1v) is 12.3. The van der Waals surface area contributed by atoms with Crippen molar-refractivity contribution in [1.29, 1.82) is 0 Å². The highest BCUT2D eigenvalue weighted by Crippen LogP contribution is 2.29. The molecule has 1 aliphatic heterocycles. The van der Waals surface area contributed by atoms with Gasteiger partial charge in [0.1, 0.15) is 0 Å². The second-order valence-electron chi connectivity index (χ2n) is 8.31. The van der Waals surface area contributed by atoms with E-state index in [1.54, 1.807) is 86.6 Å². The number of sulfone groups is 1. The van der Waals surface area contributed by atoms with Gasteiger partial charge >= 0.3 is 0 Å². The number of hydrogen-bond acceptors (Lipinski definition) is 5. The van der Waals surface area contributed by atoms with Crippen molar-refractivity contribution in [3.63, 3.8) is 0 Å². The quantitative estimate of drug-likeness (QED) is 0.388. The summed E-state index contributed by atoms with van der Waals surface area (Å²) in [6.45, 7) is 3.28. The highest BCUT2D eigenvalue weighted by Gasteiger charge is 2.36. The van der Waals surface area contributed by atoms with Crippen LogP contribution in [0.5, 0.6) is 0 Å². The molecule has 0 unspecified atom stereocenters. The van der Waals surface area contributed by atoms with Gasteiger partial charge in [0.2, 0.25) is 0 Å². The molecule has 3 aromatic rings. The molecule has 0 atom stereocenters. The normalized spacial score (nSPS) is 13.5. The highest BCUT2D eigenvalue weighted by molar-refractivity contribution is 7.91. The van der Waals surface area contributed by atoms with Crippen LogP contribution in [0.2, 0.25) is 0 Å². The van der Waals surface area contributed by atoms with Crippen molar-refractivity contribution in [3.05, 3.63) is 101 Å². The Morgan fingerprint density at radius 1 is 0.818 bits per heavy atom. The summed E-state index contributed by atoms with van der Waals surface area (Å²) in [4.78, 5) is 39.5. The van der Waals surface area contributed by atoms with Crippen LogP contribution in [-0.4, -0.2) is 31.3 Å². The molecule has 168 valence electrons. The molecule has 1 heterocycles. The third-order valence-corrected chi connectivity index (χ3v) is 7.86. The number of ketones is 1. The first-order valence-electron chi connectivity index (χ1n) is 10.6. The van der Waals surface area contributed by atoms with Gasteiger partial charge in [-0.15, -0.1) is 0 Å². The van der Waals surface area contributed by atoms with Gasteiger partial charge in [-0.25, -0.2) is 13.3 Å². The van der Waals surface area contributed by atoms with E-state index in [1.165, 1.54) is 0 Å². The van der Waals surface area contributed by atoms with Gasteiger partial charge in [-0.1, -0.05) is 48.5 Å². The Kier molecular flexibility index (Phi) is 5.99. The number of imide groups is 1. The third kappa shape index (κ3) is 4.50. The SMILES string of the molecule is CC(C)S(=O)(=O)Cc1ccc(C(=O)Cc2ccc3c(c2)C(=O)N(c2ccccc2)C3=O)cc1. The number of carbonyl (C=O) groups excluding carboxylic acids is 3. The zero-order valence-corrected chi connectivity index (χ0v) is 19.1. The number of benzene rings is 3. The van der Waals surface area contributed by atoms with E-state index in [-0.39, 0.29) is 29.4 Å². The van der Waals surface area contributed by atoms with Crippen LogP contribution in [0.25, 0.3) is 0 Å². The summed E-state index contributed by atoms with van der Waals surface area (Å²) < 4.78 is 24.2. The van der Waals surface area contributed by atoms with Crippen molar-refractivity contribution < 1.29 is 22.8 Å². The summed E-state index contributed by atoms with van der Waals surface area (Å²) in [5, 5.41) is -0.467. The minimum atomic E-state index is -3.22. The molecule has 4 rings (SSSR count). The summed E-state index contributed by atoms with van der Waals surface area (Å²) in [5.41, 5.74) is 2.80. The third-order valence-electron chi connectivity index (χ3n) is 5.69. The van der Waals surface area contributed by atoms with Crippen molar-refractivity contribution in [2.24, 2.45) is 0 Å². The maximum atomic E-state index is 12.9. The number of hydrogen-bond donors (Lipinski definition) is 0. The summed E-state index contributed by atoms with van der Waals surface area (Å²) in [5.74, 6) is -1.03. The molecule has 0 saturated carbocycles. The van der Waals surface area contributed by atoms with Crippen LogP contribution in [-0.2, 0) is 22.0 Å². The van der Waals surface area contributed by atoms with Crippen molar-refractivity contribution in [1.82, 2.24) is 0 Å². The summed E-state index contributed by atoms with van der Waals surface area (Å²) in [7, 11) is -3.22. The Hall–Kier alpha value is -3.58. The zero-order chi connectivity index (χ0) is 23.8. The van der Waals surface area contributed by atoms with E-state index in [1.807, 2.05) is 0 Å². The summed E-state index contributed by atoms with van der Waals surface area (Å²) in [6, 6.07) is 20.1. The smallest absolute Gasteiger partial charge is 0.266 e. The number of nitrogens with zero attached hydrogens (tertiary/aromatic N) is 1. The molecule has 1 aliphatic rings. The molecule has 6 nitrogen and oxygen atoms in total. The van der Waals surface area contributed by atoms with Crippen LogP contribution in [0.3, 0.4) is 0 Å². The lowest BCUT2D eigenvalue weighted by molar-refractivity contribution is 0.0924. The predicted molar refractivity (Wildman–Crippen MR) is 126 cm³/mol. The summed E-state index contributed by atoms with van der Waals surface area (Å²) >= 11 is 0. The second-order valence-corrected chi connectivity index (χ2v) is 10.9. The van der Waals surface area contributed by atoms with Crippen molar-refractivity contribution in [2.45, 2.75) is 31.3 Å². The molecule has 0 saturated heterocycles. The van der Waals surface area contributed by atoms with Crippen molar-refractivity contribution in [2.75, 3.05) is 4.90 Å². The molecule has 2 amide bonds. The number of amides is 2. The van der Waals surface area contributed by atoms with Gasteiger partial charge in [-0.3, -0.25) is 14.4 Å². The Labute approximate surface area is 192 Å². The van der Waals surface area contributed by atoms with Crippen LogP contribution in [0, 0.1) is 0 Å². The van der Waals surface area contributed by atoms with E-state index in [0.717, 1.165) is 4.90 Å². The van der Waals surface area contributed by atoms with Gasteiger partial charge in [0.05, 0.1) is 27.8 Å². The maximum Gasteiger partial charge on any atom is 0.266 e. The monoisotopic (exact) mass is 461 g/mol. The number of carbonyl (C=O) groups is 3. The van der Waals surface area contributed by atoms with Gasteiger partial charge in [-0.05, 0) is 49.2 Å². The van der Waals surface area contributed by atoms with E-state index in [9.17, 15) is 22.8 Å². The van der Waals surface area contributed by atoms with Gasteiger partial charge < -0.3 is 0 Å². The fourth-order valence-corrected chi connectivity index (χ4v) is 4.67. The van der Waals surface area contributed by atoms with Gasteiger partial charge in [-0.2, -0.15) is 0 Å². The van der Waals surface area contributed by atoms with Crippen molar-refractivity contribution in [3.8, 4) is 0 Å². The van der Waals surface area contributed by atoms with E-state index >= 15 is 0 Å². The van der Waals surface area contributed by atoms with E-state index in [2.05, 4.69) is 0 Å². The molecular formula is C26H23NO5S. The van der Waals surface area contributed by atoms with Gasteiger partial charge in [0.15, 0.2) is 15.6 Å². The Balaban J connectivity index is 1.50. The Morgan fingerprint density at radius 3 is 2.06 bits per heavy atom. The zero-order valence-electron chi connectivity index (χ0n) is 18.3. The number of para-hydroxylation sites is 1. The Morgan fingerprint density at radius 2 is 1.42 bits per heavy atom. The van der Waals surface area contributed by atoms with E-state index < -0.39 is 21.0 Å². The molecule has 0 radical (unpaired) electrons. The van der Waals surface area contributed by atoms with Crippen molar-refractivity contribution >= 4 is 33.1 Å². The van der Waals surface area contributed by atoms with Gasteiger partial charge in [0.25, 0.3) is 11.8 Å². The molecule has 3 aromatic carbocycles. The number of rotatable bonds is 7. The first kappa shape index (κ1) is 22.6. The predicted octanol–water partition coefficient (Wildman–Crippen LogP) is 4.24. The molecule has 0 aromatic heterocycles. The molecular weight excluding hydrogens is 438 g/mol. The minimum absolute atomic E-state index is 0.0593. The average molecular weight is 462 g/mol. The van der Waals surface area contributed by atoms with Crippen LogP contribution in [0.1, 0.15) is 56.0 Å². The molecule has 0 aliphatic carbocycles. The topological polar surface area (TPSA) is 88.6 Å². The van der Waals surface area contributed by atoms with E-state index in [0.29, 0.717) is 27.9 Å². The van der Waals surface area contributed by atoms with Crippen LogP contribution in [0.15, 0.2) is 72.8 Å². The van der Waals surface area contributed by atoms with Crippen LogP contribution < -0.4 is 4.90 Å². The number of anilines is 1. The second kappa shape index (κ2) is 8.75. The molecule has 0 fully saturated rings. The maximum absolute atomic E-state index is 12.9. The standard InChI is InChI=1S/C26H23NO5S/c1-17(2)33(31,32)16-18-8-11-20(12-9-18)24(28)15-19-10-13-22-23(14-19)26(30)27(25(22)29)21-6-4-3-5-7-21/h3-14,17H,15-16H2,1-2H3. The highest BCUT2D eigenvalue weighted by atomic mass is 32.2. The van der Waals surface area contributed by atoms with Crippen LogP contribution >= 0.6 is 0 Å². The molecule has 0 spiro atoms. The molecule has 0 bridgehead atoms. The average Bonchev–Trinajstić information content (AvgIpc) is 3.04. The fraction of sp³-hybridized carbons (Fsp3) is 0.192. The fourth-order valence-electron chi connectivity index (χ4n) is 3.68. The van der Waals surface area contributed by atoms with Crippen LogP contribution in [0.4, 0.5) is 5.69 Å². The Bertz CT molecular complexity index is 1340. The minimum Gasteiger partial charge on any atom is -0.294 e. The lowest BCUT2D eigenvalue weighted by atomic mass is 9.99. The number of Topliss-reactive ketones (excluding diaryl/α,β-unsaturated/α-hetero) is 1. The lowest BCUT2D eigenvalue weighted by Gasteiger charge is -2.13. The largest absolute Gasteiger partial charge is 0.294 e. The van der Waals surface area contributed by atoms with Gasteiger partial charge in [0, 0.05) is 12.0 Å². The molecule has 0 N–H and O–H groups in total. The summed E-state index contributed by atoms with van der Waals surface area (Å²) in [6.07, 6.45) is 0.0593. The lowest BCUT2D eigenvalue weighted by Crippen LogP contribution is -2.29. The first-order chi connectivity index (χ1) is 15.7. The molecule has 33 heavy (non-hydrogen) atoms. The number of fused-ring (bicyclic) bond motifs is 1. The molecule has 7 heteroatoms.